The molecule has 3 aromatic rings. The molecule has 114 valence electrons. The molecule has 2 heterocycles. The van der Waals surface area contributed by atoms with Gasteiger partial charge in [-0.1, -0.05) is 36.4 Å². The zero-order valence-corrected chi connectivity index (χ0v) is 12.3. The smallest absolute Gasteiger partial charge is 0.261 e. The second kappa shape index (κ2) is 6.70. The Labute approximate surface area is 133 Å². The summed E-state index contributed by atoms with van der Waals surface area (Å²) in [6, 6.07) is 18.2. The van der Waals surface area contributed by atoms with Crippen molar-refractivity contribution in [1.29, 1.82) is 0 Å². The maximum Gasteiger partial charge on any atom is 0.261 e. The van der Waals surface area contributed by atoms with Gasteiger partial charge in [-0.25, -0.2) is 0 Å². The number of aromatic amines is 1. The summed E-state index contributed by atoms with van der Waals surface area (Å²) in [6.07, 6.45) is 1.66. The number of rotatable bonds is 4. The molecule has 0 aliphatic heterocycles. The Hall–Kier alpha value is -3.21. The lowest BCUT2D eigenvalue weighted by Gasteiger charge is -2.06. The number of nitrogens with one attached hydrogen (secondary N) is 2. The number of H-pyrrole nitrogens is 1. The molecule has 0 saturated carbocycles. The summed E-state index contributed by atoms with van der Waals surface area (Å²) in [5, 5.41) is 2.69. The minimum atomic E-state index is -0.420. The zero-order chi connectivity index (χ0) is 16.1. The topological polar surface area (TPSA) is 74.8 Å². The first kappa shape index (κ1) is 14.7. The van der Waals surface area contributed by atoms with Crippen LogP contribution in [0.2, 0.25) is 0 Å². The lowest BCUT2D eigenvalue weighted by molar-refractivity contribution is 0.0949. The molecule has 0 aliphatic carbocycles. The molecule has 0 fully saturated rings. The minimum absolute atomic E-state index is 0.0839. The first-order valence-corrected chi connectivity index (χ1v) is 7.21. The minimum Gasteiger partial charge on any atom is -0.346 e. The Morgan fingerprint density at radius 1 is 1.00 bits per heavy atom. The van der Waals surface area contributed by atoms with Gasteiger partial charge in [-0.3, -0.25) is 14.6 Å². The highest BCUT2D eigenvalue weighted by Gasteiger charge is 2.11. The fourth-order valence-corrected chi connectivity index (χ4v) is 2.21. The molecule has 1 aromatic carbocycles. The number of carbonyl (C=O) groups excluding carboxylic acids is 1. The van der Waals surface area contributed by atoms with Gasteiger partial charge in [0.1, 0.15) is 5.56 Å². The van der Waals surface area contributed by atoms with E-state index in [0.717, 1.165) is 11.3 Å². The molecule has 0 radical (unpaired) electrons. The van der Waals surface area contributed by atoms with Crippen molar-refractivity contribution >= 4 is 5.91 Å². The molecule has 3 rings (SSSR count). The molecule has 0 unspecified atom stereocenters. The lowest BCUT2D eigenvalue weighted by Crippen LogP contribution is -2.29. The Kier molecular flexibility index (Phi) is 4.29. The molecule has 0 aliphatic rings. The molecule has 5 heteroatoms. The van der Waals surface area contributed by atoms with E-state index < -0.39 is 11.5 Å². The summed E-state index contributed by atoms with van der Waals surface area (Å²) in [5.74, 6) is -0.420. The van der Waals surface area contributed by atoms with E-state index in [1.807, 2.05) is 42.5 Å². The maximum absolute atomic E-state index is 12.1. The summed E-state index contributed by atoms with van der Waals surface area (Å²) < 4.78 is 0. The van der Waals surface area contributed by atoms with Crippen molar-refractivity contribution in [1.82, 2.24) is 15.3 Å². The number of carbonyl (C=O) groups is 1. The van der Waals surface area contributed by atoms with Crippen LogP contribution in [-0.4, -0.2) is 15.9 Å². The predicted molar refractivity (Wildman–Crippen MR) is 87.9 cm³/mol. The number of amides is 1. The van der Waals surface area contributed by atoms with E-state index in [4.69, 9.17) is 0 Å². The Bertz CT molecular complexity index is 858. The standard InChI is InChI=1S/C18H15N3O2/c22-17(20-12-14-8-4-5-11-19-14)15-9-10-16(21-18(15)23)13-6-2-1-3-7-13/h1-11H,12H2,(H,20,22)(H,21,23). The van der Waals surface area contributed by atoms with Gasteiger partial charge in [0.05, 0.1) is 12.2 Å². The van der Waals surface area contributed by atoms with Crippen LogP contribution in [0.15, 0.2) is 71.7 Å². The molecular weight excluding hydrogens is 290 g/mol. The summed E-state index contributed by atoms with van der Waals surface area (Å²) in [6.45, 7) is 0.277. The average molecular weight is 305 g/mol. The first-order valence-electron chi connectivity index (χ1n) is 7.21. The van der Waals surface area contributed by atoms with Gasteiger partial charge < -0.3 is 10.3 Å². The van der Waals surface area contributed by atoms with Crippen molar-refractivity contribution in [3.05, 3.63) is 88.5 Å². The Morgan fingerprint density at radius 3 is 2.48 bits per heavy atom. The molecule has 2 N–H and O–H groups in total. The van der Waals surface area contributed by atoms with E-state index in [1.54, 1.807) is 18.3 Å². The average Bonchev–Trinajstić information content (AvgIpc) is 2.61. The normalized spacial score (nSPS) is 10.3. The third-order valence-corrected chi connectivity index (χ3v) is 3.40. The molecule has 5 nitrogen and oxygen atoms in total. The molecule has 1 amide bonds. The zero-order valence-electron chi connectivity index (χ0n) is 12.3. The first-order chi connectivity index (χ1) is 11.2. The monoisotopic (exact) mass is 305 g/mol. The second-order valence-electron chi connectivity index (χ2n) is 4.98. The summed E-state index contributed by atoms with van der Waals surface area (Å²) in [4.78, 5) is 31.1. The van der Waals surface area contributed by atoms with Crippen LogP contribution in [0.4, 0.5) is 0 Å². The molecule has 2 aromatic heterocycles. The summed E-state index contributed by atoms with van der Waals surface area (Å²) in [7, 11) is 0. The van der Waals surface area contributed by atoms with Crippen LogP contribution in [0.25, 0.3) is 11.3 Å². The van der Waals surface area contributed by atoms with Gasteiger partial charge in [0.15, 0.2) is 0 Å². The van der Waals surface area contributed by atoms with E-state index in [9.17, 15) is 9.59 Å². The third-order valence-electron chi connectivity index (χ3n) is 3.40. The summed E-state index contributed by atoms with van der Waals surface area (Å²) in [5.41, 5.74) is 1.98. The van der Waals surface area contributed by atoms with Crippen LogP contribution >= 0.6 is 0 Å². The van der Waals surface area contributed by atoms with Crippen molar-refractivity contribution < 1.29 is 4.79 Å². The van der Waals surface area contributed by atoms with Gasteiger partial charge in [0.2, 0.25) is 0 Å². The van der Waals surface area contributed by atoms with Gasteiger partial charge in [0.25, 0.3) is 11.5 Å². The number of nitrogens with zero attached hydrogens (tertiary/aromatic N) is 1. The molecule has 0 bridgehead atoms. The molecule has 23 heavy (non-hydrogen) atoms. The predicted octanol–water partition coefficient (Wildman–Crippen LogP) is 2.37. The van der Waals surface area contributed by atoms with E-state index in [1.165, 1.54) is 6.07 Å². The quantitative estimate of drug-likeness (QED) is 0.777. The van der Waals surface area contributed by atoms with Crippen LogP contribution in [0.3, 0.4) is 0 Å². The van der Waals surface area contributed by atoms with Gasteiger partial charge in [-0.2, -0.15) is 0 Å². The highest BCUT2D eigenvalue weighted by molar-refractivity contribution is 5.94. The van der Waals surface area contributed by atoms with Crippen molar-refractivity contribution in [2.45, 2.75) is 6.54 Å². The van der Waals surface area contributed by atoms with Crippen LogP contribution in [0, 0.1) is 0 Å². The lowest BCUT2D eigenvalue weighted by atomic mass is 10.1. The summed E-state index contributed by atoms with van der Waals surface area (Å²) >= 11 is 0. The van der Waals surface area contributed by atoms with Crippen LogP contribution in [0.1, 0.15) is 16.1 Å². The third kappa shape index (κ3) is 3.52. The van der Waals surface area contributed by atoms with Crippen molar-refractivity contribution in [3.8, 4) is 11.3 Å². The maximum atomic E-state index is 12.1. The molecular formula is C18H15N3O2. The van der Waals surface area contributed by atoms with Crippen LogP contribution in [0.5, 0.6) is 0 Å². The van der Waals surface area contributed by atoms with Crippen LogP contribution in [-0.2, 0) is 6.54 Å². The highest BCUT2D eigenvalue weighted by Crippen LogP contribution is 2.14. The molecule has 0 spiro atoms. The Balaban J connectivity index is 1.75. The van der Waals surface area contributed by atoms with Crippen molar-refractivity contribution in [2.75, 3.05) is 0 Å². The second-order valence-corrected chi connectivity index (χ2v) is 4.98. The fourth-order valence-electron chi connectivity index (χ4n) is 2.21. The van der Waals surface area contributed by atoms with Gasteiger partial charge in [-0.15, -0.1) is 0 Å². The van der Waals surface area contributed by atoms with E-state index in [-0.39, 0.29) is 12.1 Å². The highest BCUT2D eigenvalue weighted by atomic mass is 16.2. The van der Waals surface area contributed by atoms with Crippen molar-refractivity contribution in [3.63, 3.8) is 0 Å². The number of pyridine rings is 2. The van der Waals surface area contributed by atoms with Gasteiger partial charge in [0, 0.05) is 11.9 Å². The number of aromatic nitrogens is 2. The number of benzene rings is 1. The van der Waals surface area contributed by atoms with Gasteiger partial charge >= 0.3 is 0 Å². The Morgan fingerprint density at radius 2 is 1.78 bits per heavy atom. The van der Waals surface area contributed by atoms with Crippen molar-refractivity contribution in [2.24, 2.45) is 0 Å². The van der Waals surface area contributed by atoms with E-state index >= 15 is 0 Å². The number of hydrogen-bond acceptors (Lipinski definition) is 3. The van der Waals surface area contributed by atoms with E-state index in [0.29, 0.717) is 5.69 Å². The largest absolute Gasteiger partial charge is 0.346 e. The SMILES string of the molecule is O=C(NCc1ccccn1)c1ccc(-c2ccccc2)[nH]c1=O. The van der Waals surface area contributed by atoms with Gasteiger partial charge in [-0.05, 0) is 29.8 Å². The fraction of sp³-hybridized carbons (Fsp3) is 0.0556. The van der Waals surface area contributed by atoms with E-state index in [2.05, 4.69) is 15.3 Å². The molecule has 0 atom stereocenters. The number of hydrogen-bond donors (Lipinski definition) is 2. The molecule has 0 saturated heterocycles. The van der Waals surface area contributed by atoms with Crippen LogP contribution < -0.4 is 10.9 Å².